The summed E-state index contributed by atoms with van der Waals surface area (Å²) in [5.41, 5.74) is 2.83. The van der Waals surface area contributed by atoms with Crippen molar-refractivity contribution in [3.05, 3.63) is 16.6 Å². The maximum atomic E-state index is 5.62. The number of thiazole rings is 1. The van der Waals surface area contributed by atoms with Crippen LogP contribution in [-0.2, 0) is 16.0 Å². The molecule has 0 spiro atoms. The molecule has 118 valence electrons. The van der Waals surface area contributed by atoms with Crippen LogP contribution in [0.15, 0.2) is 15.9 Å². The van der Waals surface area contributed by atoms with E-state index in [1.54, 1.807) is 18.4 Å². The quantitative estimate of drug-likeness (QED) is 0.431. The molecule has 0 amide bonds. The third-order valence-corrected chi connectivity index (χ3v) is 3.86. The highest BCUT2D eigenvalue weighted by Crippen LogP contribution is 2.10. The number of aromatic nitrogens is 1. The third kappa shape index (κ3) is 6.41. The summed E-state index contributed by atoms with van der Waals surface area (Å²) >= 11 is 1.59. The van der Waals surface area contributed by atoms with Gasteiger partial charge in [0.1, 0.15) is 0 Å². The summed E-state index contributed by atoms with van der Waals surface area (Å²) in [6, 6.07) is 0. The van der Waals surface area contributed by atoms with Crippen LogP contribution < -0.4 is 10.6 Å². The first-order valence-electron chi connectivity index (χ1n) is 7.38. The Labute approximate surface area is 130 Å². The molecule has 1 fully saturated rings. The molecule has 6 nitrogen and oxygen atoms in total. The number of methoxy groups -OCH3 is 1. The predicted molar refractivity (Wildman–Crippen MR) is 84.7 cm³/mol. The van der Waals surface area contributed by atoms with Crippen LogP contribution in [-0.4, -0.2) is 50.5 Å². The topological polar surface area (TPSA) is 67.8 Å². The Morgan fingerprint density at radius 1 is 1.57 bits per heavy atom. The van der Waals surface area contributed by atoms with Gasteiger partial charge in [0.05, 0.1) is 23.9 Å². The van der Waals surface area contributed by atoms with Crippen LogP contribution in [0.25, 0.3) is 0 Å². The number of aliphatic imine (C=N–C) groups is 1. The zero-order valence-electron chi connectivity index (χ0n) is 12.5. The maximum absolute atomic E-state index is 5.62. The number of hydrogen-bond acceptors (Lipinski definition) is 5. The van der Waals surface area contributed by atoms with Crippen LogP contribution in [0.3, 0.4) is 0 Å². The van der Waals surface area contributed by atoms with Gasteiger partial charge in [-0.3, -0.25) is 0 Å². The molecule has 21 heavy (non-hydrogen) atoms. The highest BCUT2D eigenvalue weighted by atomic mass is 32.1. The summed E-state index contributed by atoms with van der Waals surface area (Å²) in [6.45, 7) is 3.85. The van der Waals surface area contributed by atoms with Gasteiger partial charge in [-0.1, -0.05) is 0 Å². The van der Waals surface area contributed by atoms with E-state index in [0.29, 0.717) is 12.6 Å². The number of rotatable bonds is 8. The highest BCUT2D eigenvalue weighted by molar-refractivity contribution is 7.07. The average molecular weight is 312 g/mol. The summed E-state index contributed by atoms with van der Waals surface area (Å²) in [4.78, 5) is 8.81. The van der Waals surface area contributed by atoms with E-state index in [4.69, 9.17) is 9.47 Å². The minimum absolute atomic E-state index is 0.301. The van der Waals surface area contributed by atoms with Crippen LogP contribution in [0.4, 0.5) is 0 Å². The molecular weight excluding hydrogens is 288 g/mol. The first-order chi connectivity index (χ1) is 10.4. The third-order valence-electron chi connectivity index (χ3n) is 3.22. The molecule has 7 heteroatoms. The van der Waals surface area contributed by atoms with Crippen molar-refractivity contribution < 1.29 is 9.47 Å². The lowest BCUT2D eigenvalue weighted by atomic mass is 10.2. The normalized spacial score (nSPS) is 18.9. The van der Waals surface area contributed by atoms with Gasteiger partial charge in [0, 0.05) is 38.8 Å². The fourth-order valence-electron chi connectivity index (χ4n) is 2.09. The zero-order chi connectivity index (χ0) is 14.8. The van der Waals surface area contributed by atoms with Crippen molar-refractivity contribution in [1.29, 1.82) is 0 Å². The molecule has 0 aliphatic carbocycles. The lowest BCUT2D eigenvalue weighted by Gasteiger charge is -2.15. The van der Waals surface area contributed by atoms with E-state index >= 15 is 0 Å². The summed E-state index contributed by atoms with van der Waals surface area (Å²) in [7, 11) is 1.72. The van der Waals surface area contributed by atoms with Crippen LogP contribution in [0, 0.1) is 0 Å². The SMILES string of the molecule is COCCCNC(=NCc1cscn1)NC[C@@H]1CCCO1. The molecule has 0 saturated carbocycles. The Morgan fingerprint density at radius 2 is 2.52 bits per heavy atom. The second kappa shape index (κ2) is 9.70. The Bertz CT molecular complexity index is 405. The Morgan fingerprint density at radius 3 is 3.24 bits per heavy atom. The predicted octanol–water partition coefficient (Wildman–Crippen LogP) is 1.39. The number of nitrogens with one attached hydrogen (secondary N) is 2. The van der Waals surface area contributed by atoms with E-state index in [2.05, 4.69) is 20.6 Å². The first-order valence-corrected chi connectivity index (χ1v) is 8.32. The van der Waals surface area contributed by atoms with Crippen LogP contribution >= 0.6 is 11.3 Å². The number of hydrogen-bond donors (Lipinski definition) is 2. The molecule has 1 aromatic rings. The van der Waals surface area contributed by atoms with E-state index in [9.17, 15) is 0 Å². The van der Waals surface area contributed by atoms with Gasteiger partial charge in [-0.25, -0.2) is 9.98 Å². The molecule has 0 aromatic carbocycles. The van der Waals surface area contributed by atoms with Crippen molar-refractivity contribution in [3.63, 3.8) is 0 Å². The second-order valence-electron chi connectivity index (χ2n) is 4.93. The summed E-state index contributed by atoms with van der Waals surface area (Å²) in [5.74, 6) is 0.814. The van der Waals surface area contributed by atoms with Gasteiger partial charge in [-0.05, 0) is 19.3 Å². The molecule has 2 N–H and O–H groups in total. The van der Waals surface area contributed by atoms with Crippen molar-refractivity contribution in [3.8, 4) is 0 Å². The molecule has 2 heterocycles. The van der Waals surface area contributed by atoms with Gasteiger partial charge >= 0.3 is 0 Å². The summed E-state index contributed by atoms with van der Waals surface area (Å²) in [6.07, 6.45) is 3.53. The molecule has 2 rings (SSSR count). The monoisotopic (exact) mass is 312 g/mol. The smallest absolute Gasteiger partial charge is 0.191 e. The van der Waals surface area contributed by atoms with Gasteiger partial charge in [-0.15, -0.1) is 11.3 Å². The van der Waals surface area contributed by atoms with E-state index in [0.717, 1.165) is 57.2 Å². The van der Waals surface area contributed by atoms with Crippen molar-refractivity contribution in [1.82, 2.24) is 15.6 Å². The Hall–Kier alpha value is -1.18. The average Bonchev–Trinajstić information content (AvgIpc) is 3.18. The van der Waals surface area contributed by atoms with Crippen molar-refractivity contribution in [2.45, 2.75) is 31.9 Å². The van der Waals surface area contributed by atoms with E-state index in [-0.39, 0.29) is 0 Å². The van der Waals surface area contributed by atoms with E-state index in [1.807, 2.05) is 10.9 Å². The summed E-state index contributed by atoms with van der Waals surface area (Å²) in [5, 5.41) is 8.69. The van der Waals surface area contributed by atoms with Crippen molar-refractivity contribution in [2.75, 3.05) is 33.4 Å². The van der Waals surface area contributed by atoms with Crippen LogP contribution in [0.5, 0.6) is 0 Å². The van der Waals surface area contributed by atoms with Gasteiger partial charge < -0.3 is 20.1 Å². The fraction of sp³-hybridized carbons (Fsp3) is 0.714. The van der Waals surface area contributed by atoms with Gasteiger partial charge in [-0.2, -0.15) is 0 Å². The van der Waals surface area contributed by atoms with E-state index in [1.165, 1.54) is 0 Å². The maximum Gasteiger partial charge on any atom is 0.191 e. The lowest BCUT2D eigenvalue weighted by Crippen LogP contribution is -2.41. The van der Waals surface area contributed by atoms with Gasteiger partial charge in [0.2, 0.25) is 0 Å². The molecule has 0 radical (unpaired) electrons. The van der Waals surface area contributed by atoms with Crippen LogP contribution in [0.1, 0.15) is 25.0 Å². The Balaban J connectivity index is 1.78. The second-order valence-corrected chi connectivity index (χ2v) is 5.65. The molecule has 0 bridgehead atoms. The molecule has 1 aliphatic heterocycles. The number of guanidine groups is 1. The standard InChI is InChI=1S/C14H24N4O2S/c1-19-6-3-5-15-14(16-8-12-10-21-11-18-12)17-9-13-4-2-7-20-13/h10-11,13H,2-9H2,1H3,(H2,15,16,17)/t13-/m0/s1. The molecule has 1 aromatic heterocycles. The fourth-order valence-corrected chi connectivity index (χ4v) is 2.64. The first kappa shape index (κ1) is 16.2. The van der Waals surface area contributed by atoms with E-state index < -0.39 is 0 Å². The minimum Gasteiger partial charge on any atom is -0.385 e. The molecular formula is C14H24N4O2S. The van der Waals surface area contributed by atoms with Gasteiger partial charge in [0.25, 0.3) is 0 Å². The highest BCUT2D eigenvalue weighted by Gasteiger charge is 2.15. The molecule has 0 unspecified atom stereocenters. The van der Waals surface area contributed by atoms with Crippen LogP contribution in [0.2, 0.25) is 0 Å². The minimum atomic E-state index is 0.301. The summed E-state index contributed by atoms with van der Waals surface area (Å²) < 4.78 is 10.7. The molecule has 1 atom stereocenters. The molecule has 1 aliphatic rings. The zero-order valence-corrected chi connectivity index (χ0v) is 13.3. The number of ether oxygens (including phenoxy) is 2. The Kier molecular flexibility index (Phi) is 7.48. The number of nitrogens with zero attached hydrogens (tertiary/aromatic N) is 2. The van der Waals surface area contributed by atoms with Gasteiger partial charge in [0.15, 0.2) is 5.96 Å². The lowest BCUT2D eigenvalue weighted by molar-refractivity contribution is 0.113. The van der Waals surface area contributed by atoms with Crippen molar-refractivity contribution >= 4 is 17.3 Å². The largest absolute Gasteiger partial charge is 0.385 e. The van der Waals surface area contributed by atoms with Crippen molar-refractivity contribution in [2.24, 2.45) is 4.99 Å². The molecule has 1 saturated heterocycles.